The van der Waals surface area contributed by atoms with E-state index in [1.54, 1.807) is 6.92 Å². The molecule has 0 saturated carbocycles. The average molecular weight is 455 g/mol. The van der Waals surface area contributed by atoms with Crippen LogP contribution < -0.4 is 10.6 Å². The molecule has 2 fully saturated rings. The minimum Gasteiger partial charge on any atom is -0.379 e. The molecule has 0 aromatic heterocycles. The Balaban J connectivity index is 1.41. The molecule has 2 aromatic carbocycles. The predicted molar refractivity (Wildman–Crippen MR) is 119 cm³/mol. The Labute approximate surface area is 191 Å². The van der Waals surface area contributed by atoms with Gasteiger partial charge in [0.05, 0.1) is 19.3 Å². The molecule has 2 aliphatic heterocycles. The number of imide groups is 1. The van der Waals surface area contributed by atoms with E-state index in [0.717, 1.165) is 23.6 Å². The number of morpholine rings is 1. The first kappa shape index (κ1) is 22.9. The van der Waals surface area contributed by atoms with Gasteiger partial charge in [-0.1, -0.05) is 42.5 Å². The second-order valence-electron chi connectivity index (χ2n) is 8.33. The molecule has 0 bridgehead atoms. The van der Waals surface area contributed by atoms with Crippen molar-refractivity contribution < 1.29 is 23.5 Å². The van der Waals surface area contributed by atoms with E-state index in [9.17, 15) is 18.8 Å². The van der Waals surface area contributed by atoms with E-state index in [1.807, 2.05) is 30.3 Å². The molecule has 0 spiro atoms. The standard InChI is InChI=1S/C24H27FN4O4/c1-24(18-7-9-19(25)10-8-18)22(31)29(23(32)27-24)16-21(30)26-15-20(17-5-3-2-4-6-17)28-11-13-33-14-12-28/h2-10,20H,11-16H2,1H3,(H,26,30)(H,27,32). The average Bonchev–Trinajstić information content (AvgIpc) is 3.05. The highest BCUT2D eigenvalue weighted by molar-refractivity contribution is 6.09. The van der Waals surface area contributed by atoms with Gasteiger partial charge in [0.1, 0.15) is 17.9 Å². The third-order valence-corrected chi connectivity index (χ3v) is 6.16. The molecule has 2 N–H and O–H groups in total. The van der Waals surface area contributed by atoms with Gasteiger partial charge in [0.15, 0.2) is 0 Å². The van der Waals surface area contributed by atoms with Gasteiger partial charge in [-0.05, 0) is 30.2 Å². The van der Waals surface area contributed by atoms with Crippen molar-refractivity contribution in [3.8, 4) is 0 Å². The number of benzene rings is 2. The molecule has 4 rings (SSSR count). The van der Waals surface area contributed by atoms with Gasteiger partial charge in [-0.2, -0.15) is 0 Å². The van der Waals surface area contributed by atoms with Crippen LogP contribution in [0.4, 0.5) is 9.18 Å². The summed E-state index contributed by atoms with van der Waals surface area (Å²) in [5, 5.41) is 5.50. The van der Waals surface area contributed by atoms with Gasteiger partial charge in [-0.3, -0.25) is 19.4 Å². The first-order valence-corrected chi connectivity index (χ1v) is 10.9. The van der Waals surface area contributed by atoms with Crippen LogP contribution >= 0.6 is 0 Å². The summed E-state index contributed by atoms with van der Waals surface area (Å²) in [5.41, 5.74) is 0.158. The third-order valence-electron chi connectivity index (χ3n) is 6.16. The molecule has 0 radical (unpaired) electrons. The van der Waals surface area contributed by atoms with E-state index in [0.29, 0.717) is 25.3 Å². The summed E-state index contributed by atoms with van der Waals surface area (Å²) in [6, 6.07) is 14.5. The van der Waals surface area contributed by atoms with E-state index in [4.69, 9.17) is 4.74 Å². The summed E-state index contributed by atoms with van der Waals surface area (Å²) in [7, 11) is 0. The van der Waals surface area contributed by atoms with Crippen LogP contribution in [0.2, 0.25) is 0 Å². The molecule has 2 unspecified atom stereocenters. The number of nitrogens with one attached hydrogen (secondary N) is 2. The number of rotatable bonds is 7. The predicted octanol–water partition coefficient (Wildman–Crippen LogP) is 1.78. The van der Waals surface area contributed by atoms with Gasteiger partial charge in [0.2, 0.25) is 5.91 Å². The first-order chi connectivity index (χ1) is 15.9. The molecule has 4 amide bonds. The Morgan fingerprint density at radius 1 is 1.12 bits per heavy atom. The lowest BCUT2D eigenvalue weighted by Crippen LogP contribution is -2.46. The Hall–Kier alpha value is -3.30. The van der Waals surface area contributed by atoms with Crippen LogP contribution in [0.5, 0.6) is 0 Å². The van der Waals surface area contributed by atoms with Gasteiger partial charge in [0, 0.05) is 19.6 Å². The number of hydrogen-bond acceptors (Lipinski definition) is 5. The monoisotopic (exact) mass is 454 g/mol. The van der Waals surface area contributed by atoms with Gasteiger partial charge >= 0.3 is 6.03 Å². The van der Waals surface area contributed by atoms with E-state index in [1.165, 1.54) is 24.3 Å². The minimum absolute atomic E-state index is 0.0494. The van der Waals surface area contributed by atoms with E-state index in [-0.39, 0.29) is 6.04 Å². The number of urea groups is 1. The lowest BCUT2D eigenvalue weighted by Gasteiger charge is -2.35. The van der Waals surface area contributed by atoms with Crippen LogP contribution in [0, 0.1) is 5.82 Å². The van der Waals surface area contributed by atoms with Crippen molar-refractivity contribution in [1.82, 2.24) is 20.4 Å². The van der Waals surface area contributed by atoms with Gasteiger partial charge < -0.3 is 15.4 Å². The molecule has 2 heterocycles. The van der Waals surface area contributed by atoms with Crippen molar-refractivity contribution in [1.29, 1.82) is 0 Å². The quantitative estimate of drug-likeness (QED) is 0.623. The highest BCUT2D eigenvalue weighted by Crippen LogP contribution is 2.29. The zero-order chi connectivity index (χ0) is 23.4. The maximum absolute atomic E-state index is 13.3. The highest BCUT2D eigenvalue weighted by Gasteiger charge is 2.49. The van der Waals surface area contributed by atoms with Gasteiger partial charge in [-0.15, -0.1) is 0 Å². The van der Waals surface area contributed by atoms with E-state index in [2.05, 4.69) is 15.5 Å². The number of carbonyl (C=O) groups is 3. The van der Waals surface area contributed by atoms with Crippen molar-refractivity contribution in [2.24, 2.45) is 0 Å². The second-order valence-corrected chi connectivity index (χ2v) is 8.33. The Bertz CT molecular complexity index is 1010. The van der Waals surface area contributed by atoms with Gasteiger partial charge in [-0.25, -0.2) is 9.18 Å². The van der Waals surface area contributed by atoms with E-state index < -0.39 is 35.7 Å². The maximum atomic E-state index is 13.3. The SMILES string of the molecule is CC1(c2ccc(F)cc2)NC(=O)N(CC(=O)NCC(c2ccccc2)N2CCOCC2)C1=O. The lowest BCUT2D eigenvalue weighted by atomic mass is 9.92. The van der Waals surface area contributed by atoms with Gasteiger partial charge in [0.25, 0.3) is 5.91 Å². The van der Waals surface area contributed by atoms with Crippen molar-refractivity contribution in [2.45, 2.75) is 18.5 Å². The molecule has 174 valence electrons. The second kappa shape index (κ2) is 9.68. The van der Waals surface area contributed by atoms with Crippen LogP contribution in [-0.2, 0) is 19.9 Å². The molecular formula is C24H27FN4O4. The van der Waals surface area contributed by atoms with Crippen molar-refractivity contribution in [2.75, 3.05) is 39.4 Å². The van der Waals surface area contributed by atoms with Crippen molar-refractivity contribution in [3.05, 3.63) is 71.5 Å². The fourth-order valence-corrected chi connectivity index (χ4v) is 4.25. The van der Waals surface area contributed by atoms with Crippen molar-refractivity contribution in [3.63, 3.8) is 0 Å². The van der Waals surface area contributed by atoms with E-state index >= 15 is 0 Å². The van der Waals surface area contributed by atoms with Crippen LogP contribution in [0.25, 0.3) is 0 Å². The fourth-order valence-electron chi connectivity index (χ4n) is 4.25. The summed E-state index contributed by atoms with van der Waals surface area (Å²) in [6.45, 7) is 4.23. The zero-order valence-electron chi connectivity index (χ0n) is 18.4. The summed E-state index contributed by atoms with van der Waals surface area (Å²) in [5.74, 6) is -1.43. The van der Waals surface area contributed by atoms with Crippen LogP contribution in [-0.4, -0.2) is 67.0 Å². The summed E-state index contributed by atoms with van der Waals surface area (Å²) >= 11 is 0. The molecule has 2 aliphatic rings. The molecule has 8 nitrogen and oxygen atoms in total. The first-order valence-electron chi connectivity index (χ1n) is 10.9. The largest absolute Gasteiger partial charge is 0.379 e. The molecule has 2 atom stereocenters. The summed E-state index contributed by atoms with van der Waals surface area (Å²) < 4.78 is 18.7. The molecule has 2 saturated heterocycles. The number of halogens is 1. The third kappa shape index (κ3) is 4.89. The minimum atomic E-state index is -1.36. The number of amides is 4. The summed E-state index contributed by atoms with van der Waals surface area (Å²) in [6.07, 6.45) is 0. The Morgan fingerprint density at radius 2 is 1.79 bits per heavy atom. The number of carbonyl (C=O) groups excluding carboxylic acids is 3. The smallest absolute Gasteiger partial charge is 0.325 e. The number of hydrogen-bond donors (Lipinski definition) is 2. The molecule has 0 aliphatic carbocycles. The zero-order valence-corrected chi connectivity index (χ0v) is 18.4. The number of nitrogens with zero attached hydrogens (tertiary/aromatic N) is 2. The normalized spacial score (nSPS) is 22.2. The fraction of sp³-hybridized carbons (Fsp3) is 0.375. The molecule has 9 heteroatoms. The maximum Gasteiger partial charge on any atom is 0.325 e. The Morgan fingerprint density at radius 3 is 2.45 bits per heavy atom. The van der Waals surface area contributed by atoms with Crippen LogP contribution in [0.3, 0.4) is 0 Å². The van der Waals surface area contributed by atoms with Crippen LogP contribution in [0.1, 0.15) is 24.1 Å². The summed E-state index contributed by atoms with van der Waals surface area (Å²) in [4.78, 5) is 41.4. The van der Waals surface area contributed by atoms with Crippen LogP contribution in [0.15, 0.2) is 54.6 Å². The van der Waals surface area contributed by atoms with Crippen molar-refractivity contribution >= 4 is 17.8 Å². The topological polar surface area (TPSA) is 91.0 Å². The molecular weight excluding hydrogens is 427 g/mol. The number of ether oxygens (including phenoxy) is 1. The highest BCUT2D eigenvalue weighted by atomic mass is 19.1. The molecule has 2 aromatic rings. The lowest BCUT2D eigenvalue weighted by molar-refractivity contribution is -0.134. The molecule has 33 heavy (non-hydrogen) atoms. The Kier molecular flexibility index (Phi) is 6.71.